The molecule has 0 aromatic heterocycles. The molecule has 0 fully saturated rings. The van der Waals surface area contributed by atoms with Crippen molar-refractivity contribution in [3.63, 3.8) is 0 Å². The third-order valence-electron chi connectivity index (χ3n) is 3.88. The standard InChI is InChI=1S/C20H14N4O6/c25-20(15-4-2-1-3-5-15)30-19-11-6-14(12-18(19)24(28)29)13-21-22-16-7-9-17(10-8-16)23(26)27/h1-13,22H/b21-13+. The Morgan fingerprint density at radius 1 is 0.933 bits per heavy atom. The average Bonchev–Trinajstić information content (AvgIpc) is 2.75. The van der Waals surface area contributed by atoms with E-state index < -0.39 is 21.5 Å². The van der Waals surface area contributed by atoms with Gasteiger partial charge in [0.1, 0.15) is 0 Å². The molecule has 0 aliphatic carbocycles. The number of esters is 1. The highest BCUT2D eigenvalue weighted by atomic mass is 16.6. The maximum absolute atomic E-state index is 12.1. The predicted molar refractivity (Wildman–Crippen MR) is 109 cm³/mol. The van der Waals surface area contributed by atoms with Crippen molar-refractivity contribution in [2.45, 2.75) is 0 Å². The fourth-order valence-corrected chi connectivity index (χ4v) is 2.42. The molecular formula is C20H14N4O6. The van der Waals surface area contributed by atoms with Crippen molar-refractivity contribution in [3.05, 3.63) is 104 Å². The molecule has 1 N–H and O–H groups in total. The lowest BCUT2D eigenvalue weighted by Gasteiger charge is -2.06. The van der Waals surface area contributed by atoms with Crippen molar-refractivity contribution in [3.8, 4) is 5.75 Å². The molecule has 150 valence electrons. The van der Waals surface area contributed by atoms with Crippen LogP contribution in [0.25, 0.3) is 0 Å². The van der Waals surface area contributed by atoms with E-state index in [9.17, 15) is 25.0 Å². The third kappa shape index (κ3) is 5.01. The Balaban J connectivity index is 1.72. The second-order valence-electron chi connectivity index (χ2n) is 5.91. The maximum atomic E-state index is 12.1. The maximum Gasteiger partial charge on any atom is 0.343 e. The Morgan fingerprint density at radius 2 is 1.63 bits per heavy atom. The quantitative estimate of drug-likeness (QED) is 0.204. The number of rotatable bonds is 7. The third-order valence-corrected chi connectivity index (χ3v) is 3.88. The van der Waals surface area contributed by atoms with E-state index >= 15 is 0 Å². The van der Waals surface area contributed by atoms with Gasteiger partial charge in [0.2, 0.25) is 5.75 Å². The van der Waals surface area contributed by atoms with E-state index in [2.05, 4.69) is 10.5 Å². The number of anilines is 1. The Morgan fingerprint density at radius 3 is 2.27 bits per heavy atom. The summed E-state index contributed by atoms with van der Waals surface area (Å²) in [4.78, 5) is 33.0. The molecule has 0 atom stereocenters. The summed E-state index contributed by atoms with van der Waals surface area (Å²) in [5.74, 6) is -0.894. The van der Waals surface area contributed by atoms with E-state index in [4.69, 9.17) is 4.74 Å². The number of benzene rings is 3. The van der Waals surface area contributed by atoms with Crippen molar-refractivity contribution < 1.29 is 19.4 Å². The number of nitrogens with zero attached hydrogens (tertiary/aromatic N) is 3. The van der Waals surface area contributed by atoms with E-state index in [1.54, 1.807) is 30.3 Å². The van der Waals surface area contributed by atoms with Crippen LogP contribution in [0.2, 0.25) is 0 Å². The van der Waals surface area contributed by atoms with Crippen LogP contribution < -0.4 is 10.2 Å². The highest BCUT2D eigenvalue weighted by Gasteiger charge is 2.19. The molecule has 0 radical (unpaired) electrons. The van der Waals surface area contributed by atoms with Crippen LogP contribution in [-0.2, 0) is 0 Å². The van der Waals surface area contributed by atoms with Crippen molar-refractivity contribution in [2.75, 3.05) is 5.43 Å². The van der Waals surface area contributed by atoms with Crippen molar-refractivity contribution in [1.29, 1.82) is 0 Å². The Labute approximate surface area is 169 Å². The lowest BCUT2D eigenvalue weighted by Crippen LogP contribution is -2.09. The van der Waals surface area contributed by atoms with Gasteiger partial charge in [-0.3, -0.25) is 25.7 Å². The smallest absolute Gasteiger partial charge is 0.343 e. The molecule has 0 spiro atoms. The summed E-state index contributed by atoms with van der Waals surface area (Å²) in [6.07, 6.45) is 1.33. The molecule has 0 saturated heterocycles. The lowest BCUT2D eigenvalue weighted by molar-refractivity contribution is -0.385. The van der Waals surface area contributed by atoms with E-state index in [0.717, 1.165) is 0 Å². The fraction of sp³-hybridized carbons (Fsp3) is 0. The SMILES string of the molecule is O=C(Oc1ccc(/C=N/Nc2ccc([N+](=O)[O-])cc2)cc1[N+](=O)[O-])c1ccccc1. The van der Waals surface area contributed by atoms with Crippen LogP contribution in [0.4, 0.5) is 17.1 Å². The van der Waals surface area contributed by atoms with Gasteiger partial charge in [0, 0.05) is 23.8 Å². The van der Waals surface area contributed by atoms with Gasteiger partial charge in [-0.05, 0) is 36.4 Å². The van der Waals surface area contributed by atoms with E-state index in [1.165, 1.54) is 48.7 Å². The van der Waals surface area contributed by atoms with Crippen LogP contribution >= 0.6 is 0 Å². The van der Waals surface area contributed by atoms with Crippen LogP contribution in [-0.4, -0.2) is 22.0 Å². The van der Waals surface area contributed by atoms with E-state index in [-0.39, 0.29) is 17.0 Å². The summed E-state index contributed by atoms with van der Waals surface area (Å²) in [7, 11) is 0. The minimum absolute atomic E-state index is 0.0548. The topological polar surface area (TPSA) is 137 Å². The summed E-state index contributed by atoms with van der Waals surface area (Å²) in [6, 6.07) is 17.7. The monoisotopic (exact) mass is 406 g/mol. The first-order valence-corrected chi connectivity index (χ1v) is 8.53. The molecule has 3 aromatic rings. The number of hydrogen-bond acceptors (Lipinski definition) is 8. The number of carbonyl (C=O) groups is 1. The Kier molecular flexibility index (Phi) is 6.08. The van der Waals surface area contributed by atoms with Crippen molar-refractivity contribution >= 4 is 29.2 Å². The summed E-state index contributed by atoms with van der Waals surface area (Å²) >= 11 is 0. The van der Waals surface area contributed by atoms with Gasteiger partial charge >= 0.3 is 11.7 Å². The molecule has 0 aliphatic heterocycles. The zero-order valence-corrected chi connectivity index (χ0v) is 15.3. The minimum atomic E-state index is -0.708. The molecule has 0 saturated carbocycles. The van der Waals surface area contributed by atoms with Gasteiger partial charge in [-0.15, -0.1) is 0 Å². The Bertz CT molecular complexity index is 1110. The molecule has 10 nitrogen and oxygen atoms in total. The summed E-state index contributed by atoms with van der Waals surface area (Å²) in [5.41, 5.74) is 3.38. The Hall–Kier alpha value is -4.60. The summed E-state index contributed by atoms with van der Waals surface area (Å²) in [6.45, 7) is 0. The number of nitro benzene ring substituents is 2. The molecule has 0 amide bonds. The van der Waals surface area contributed by atoms with Crippen LogP contribution in [0, 0.1) is 20.2 Å². The molecular weight excluding hydrogens is 392 g/mol. The molecule has 10 heteroatoms. The minimum Gasteiger partial charge on any atom is -0.416 e. The number of nitro groups is 2. The number of non-ortho nitro benzene ring substituents is 1. The number of hydrazone groups is 1. The van der Waals surface area contributed by atoms with Crippen LogP contribution in [0.15, 0.2) is 77.9 Å². The molecule has 0 aliphatic rings. The van der Waals surface area contributed by atoms with Gasteiger partial charge in [-0.1, -0.05) is 18.2 Å². The second-order valence-corrected chi connectivity index (χ2v) is 5.91. The molecule has 0 bridgehead atoms. The van der Waals surface area contributed by atoms with Gasteiger partial charge < -0.3 is 4.74 Å². The predicted octanol–water partition coefficient (Wildman–Crippen LogP) is 4.17. The molecule has 0 heterocycles. The summed E-state index contributed by atoms with van der Waals surface area (Å²) < 4.78 is 5.16. The molecule has 3 aromatic carbocycles. The first kappa shape index (κ1) is 20.1. The first-order valence-electron chi connectivity index (χ1n) is 8.53. The number of nitrogens with one attached hydrogen (secondary N) is 1. The normalized spacial score (nSPS) is 10.5. The lowest BCUT2D eigenvalue weighted by atomic mass is 10.2. The first-order chi connectivity index (χ1) is 14.4. The number of ether oxygens (including phenoxy) is 1. The van der Waals surface area contributed by atoms with Gasteiger partial charge in [0.25, 0.3) is 5.69 Å². The van der Waals surface area contributed by atoms with Gasteiger partial charge in [0.15, 0.2) is 0 Å². The molecule has 30 heavy (non-hydrogen) atoms. The van der Waals surface area contributed by atoms with Crippen LogP contribution in [0.5, 0.6) is 5.75 Å². The van der Waals surface area contributed by atoms with Crippen molar-refractivity contribution in [1.82, 2.24) is 0 Å². The van der Waals surface area contributed by atoms with Gasteiger partial charge in [0.05, 0.1) is 27.3 Å². The highest BCUT2D eigenvalue weighted by molar-refractivity contribution is 5.91. The van der Waals surface area contributed by atoms with E-state index in [1.807, 2.05) is 0 Å². The fourth-order valence-electron chi connectivity index (χ4n) is 2.42. The number of carbonyl (C=O) groups excluding carboxylic acids is 1. The highest BCUT2D eigenvalue weighted by Crippen LogP contribution is 2.28. The van der Waals surface area contributed by atoms with Crippen LogP contribution in [0.1, 0.15) is 15.9 Å². The van der Waals surface area contributed by atoms with Gasteiger partial charge in [-0.2, -0.15) is 5.10 Å². The number of hydrogen-bond donors (Lipinski definition) is 1. The molecule has 0 unspecified atom stereocenters. The average molecular weight is 406 g/mol. The zero-order chi connectivity index (χ0) is 21.5. The second kappa shape index (κ2) is 9.06. The van der Waals surface area contributed by atoms with E-state index in [0.29, 0.717) is 11.3 Å². The van der Waals surface area contributed by atoms with Crippen LogP contribution in [0.3, 0.4) is 0 Å². The zero-order valence-electron chi connectivity index (χ0n) is 15.3. The van der Waals surface area contributed by atoms with Crippen molar-refractivity contribution in [2.24, 2.45) is 5.10 Å². The largest absolute Gasteiger partial charge is 0.416 e. The molecule has 3 rings (SSSR count). The van der Waals surface area contributed by atoms with Gasteiger partial charge in [-0.25, -0.2) is 4.79 Å². The summed E-state index contributed by atoms with van der Waals surface area (Å²) in [5, 5.41) is 26.0.